The highest BCUT2D eigenvalue weighted by Crippen LogP contribution is 2.16. The van der Waals surface area contributed by atoms with E-state index in [-0.39, 0.29) is 0 Å². The predicted molar refractivity (Wildman–Crippen MR) is 55.5 cm³/mol. The van der Waals surface area contributed by atoms with Crippen LogP contribution in [0.2, 0.25) is 0 Å². The minimum atomic E-state index is 0.531. The Labute approximate surface area is 83.1 Å². The first kappa shape index (κ1) is 10.4. The SMILES string of the molecule is CCCc1ccc(NC=O)c(C=O)c1. The molecular weight excluding hydrogens is 178 g/mol. The summed E-state index contributed by atoms with van der Waals surface area (Å²) in [5.74, 6) is 0. The number of carbonyl (C=O) groups is 2. The maximum Gasteiger partial charge on any atom is 0.211 e. The monoisotopic (exact) mass is 191 g/mol. The smallest absolute Gasteiger partial charge is 0.211 e. The van der Waals surface area contributed by atoms with Crippen LogP contribution in [-0.2, 0) is 11.2 Å². The Hall–Kier alpha value is -1.64. The van der Waals surface area contributed by atoms with Crippen LogP contribution in [0.5, 0.6) is 0 Å². The van der Waals surface area contributed by atoms with Gasteiger partial charge in [0.2, 0.25) is 6.41 Å². The van der Waals surface area contributed by atoms with Gasteiger partial charge in [0, 0.05) is 5.56 Å². The Morgan fingerprint density at radius 2 is 2.14 bits per heavy atom. The standard InChI is InChI=1S/C11H13NO2/c1-2-3-9-4-5-11(12-8-14)10(6-9)7-13/h4-8H,2-3H2,1H3,(H,12,14). The van der Waals surface area contributed by atoms with Crippen molar-refractivity contribution in [1.82, 2.24) is 0 Å². The van der Waals surface area contributed by atoms with Gasteiger partial charge in [-0.2, -0.15) is 0 Å². The molecule has 1 rings (SSSR count). The van der Waals surface area contributed by atoms with Gasteiger partial charge in [-0.3, -0.25) is 9.59 Å². The van der Waals surface area contributed by atoms with Crippen LogP contribution in [0.25, 0.3) is 0 Å². The first-order chi connectivity index (χ1) is 6.81. The maximum absolute atomic E-state index is 10.7. The molecule has 0 spiro atoms. The van der Waals surface area contributed by atoms with Crippen molar-refractivity contribution < 1.29 is 9.59 Å². The minimum absolute atomic E-state index is 0.531. The van der Waals surface area contributed by atoms with E-state index in [0.717, 1.165) is 24.7 Å². The Morgan fingerprint density at radius 1 is 1.36 bits per heavy atom. The van der Waals surface area contributed by atoms with Crippen molar-refractivity contribution in [1.29, 1.82) is 0 Å². The average molecular weight is 191 g/mol. The largest absolute Gasteiger partial charge is 0.328 e. The van der Waals surface area contributed by atoms with E-state index in [9.17, 15) is 9.59 Å². The second-order valence-electron chi connectivity index (χ2n) is 3.05. The molecular formula is C11H13NO2. The van der Waals surface area contributed by atoms with E-state index in [0.29, 0.717) is 17.7 Å². The lowest BCUT2D eigenvalue weighted by Crippen LogP contribution is -1.99. The quantitative estimate of drug-likeness (QED) is 0.724. The van der Waals surface area contributed by atoms with E-state index in [4.69, 9.17) is 0 Å². The predicted octanol–water partition coefficient (Wildman–Crippen LogP) is 2.02. The zero-order chi connectivity index (χ0) is 10.4. The van der Waals surface area contributed by atoms with Gasteiger partial charge < -0.3 is 5.32 Å². The van der Waals surface area contributed by atoms with E-state index >= 15 is 0 Å². The van der Waals surface area contributed by atoms with Crippen LogP contribution < -0.4 is 5.32 Å². The number of hydrogen-bond donors (Lipinski definition) is 1. The third kappa shape index (κ3) is 2.42. The lowest BCUT2D eigenvalue weighted by Gasteiger charge is -2.05. The number of nitrogens with one attached hydrogen (secondary N) is 1. The molecule has 3 nitrogen and oxygen atoms in total. The molecule has 0 heterocycles. The van der Waals surface area contributed by atoms with Gasteiger partial charge in [0.15, 0.2) is 6.29 Å². The highest BCUT2D eigenvalue weighted by Gasteiger charge is 2.01. The van der Waals surface area contributed by atoms with E-state index < -0.39 is 0 Å². The minimum Gasteiger partial charge on any atom is -0.328 e. The summed E-state index contributed by atoms with van der Waals surface area (Å²) in [5, 5.41) is 2.48. The number of anilines is 1. The second-order valence-corrected chi connectivity index (χ2v) is 3.05. The van der Waals surface area contributed by atoms with Crippen molar-refractivity contribution in [3.63, 3.8) is 0 Å². The average Bonchev–Trinajstić information content (AvgIpc) is 2.21. The van der Waals surface area contributed by atoms with E-state index in [1.165, 1.54) is 0 Å². The summed E-state index contributed by atoms with van der Waals surface area (Å²) in [5.41, 5.74) is 2.21. The summed E-state index contributed by atoms with van der Waals surface area (Å²) < 4.78 is 0. The molecule has 0 aliphatic rings. The second kappa shape index (κ2) is 5.17. The highest BCUT2D eigenvalue weighted by molar-refractivity contribution is 5.88. The Kier molecular flexibility index (Phi) is 3.85. The van der Waals surface area contributed by atoms with E-state index in [2.05, 4.69) is 12.2 Å². The number of rotatable bonds is 5. The zero-order valence-corrected chi connectivity index (χ0v) is 8.12. The van der Waals surface area contributed by atoms with Crippen molar-refractivity contribution >= 4 is 18.4 Å². The molecule has 0 aliphatic carbocycles. The fourth-order valence-electron chi connectivity index (χ4n) is 1.35. The number of carbonyl (C=O) groups excluding carboxylic acids is 2. The molecule has 3 heteroatoms. The molecule has 14 heavy (non-hydrogen) atoms. The van der Waals surface area contributed by atoms with Gasteiger partial charge in [-0.1, -0.05) is 19.4 Å². The number of amides is 1. The lowest BCUT2D eigenvalue weighted by molar-refractivity contribution is -0.105. The summed E-state index contributed by atoms with van der Waals surface area (Å²) in [6.07, 6.45) is 3.31. The third-order valence-electron chi connectivity index (χ3n) is 2.00. The summed E-state index contributed by atoms with van der Waals surface area (Å²) >= 11 is 0. The van der Waals surface area contributed by atoms with Gasteiger partial charge >= 0.3 is 0 Å². The molecule has 0 unspecified atom stereocenters. The van der Waals surface area contributed by atoms with Crippen molar-refractivity contribution in [2.75, 3.05) is 5.32 Å². The van der Waals surface area contributed by atoms with Crippen LogP contribution >= 0.6 is 0 Å². The molecule has 0 saturated heterocycles. The van der Waals surface area contributed by atoms with Gasteiger partial charge in [-0.05, 0) is 24.1 Å². The van der Waals surface area contributed by atoms with E-state index in [1.807, 2.05) is 12.1 Å². The molecule has 1 amide bonds. The number of aryl methyl sites for hydroxylation is 1. The maximum atomic E-state index is 10.7. The molecule has 0 saturated carbocycles. The van der Waals surface area contributed by atoms with Crippen LogP contribution in [0.1, 0.15) is 29.3 Å². The Bertz CT molecular complexity index is 334. The molecule has 0 atom stereocenters. The topological polar surface area (TPSA) is 46.2 Å². The first-order valence-electron chi connectivity index (χ1n) is 4.60. The molecule has 1 N–H and O–H groups in total. The molecule has 0 bridgehead atoms. The summed E-state index contributed by atoms with van der Waals surface area (Å²) in [6, 6.07) is 5.48. The molecule has 0 aromatic heterocycles. The Morgan fingerprint density at radius 3 is 2.71 bits per heavy atom. The first-order valence-corrected chi connectivity index (χ1v) is 4.60. The molecule has 1 aromatic rings. The van der Waals surface area contributed by atoms with E-state index in [1.54, 1.807) is 6.07 Å². The van der Waals surface area contributed by atoms with Crippen molar-refractivity contribution in [3.8, 4) is 0 Å². The fraction of sp³-hybridized carbons (Fsp3) is 0.273. The molecule has 1 aromatic carbocycles. The van der Waals surface area contributed by atoms with Crippen LogP contribution in [-0.4, -0.2) is 12.7 Å². The van der Waals surface area contributed by atoms with Crippen LogP contribution in [0.3, 0.4) is 0 Å². The molecule has 74 valence electrons. The number of hydrogen-bond acceptors (Lipinski definition) is 2. The van der Waals surface area contributed by atoms with Crippen LogP contribution in [0.4, 0.5) is 5.69 Å². The van der Waals surface area contributed by atoms with Gasteiger partial charge in [-0.15, -0.1) is 0 Å². The molecule has 0 radical (unpaired) electrons. The highest BCUT2D eigenvalue weighted by atomic mass is 16.1. The number of benzene rings is 1. The molecule has 0 aliphatic heterocycles. The van der Waals surface area contributed by atoms with Crippen molar-refractivity contribution in [2.45, 2.75) is 19.8 Å². The lowest BCUT2D eigenvalue weighted by atomic mass is 10.1. The number of aldehydes is 1. The summed E-state index contributed by atoms with van der Waals surface area (Å²) in [7, 11) is 0. The molecule has 0 fully saturated rings. The zero-order valence-electron chi connectivity index (χ0n) is 8.12. The van der Waals surface area contributed by atoms with Gasteiger partial charge in [-0.25, -0.2) is 0 Å². The summed E-state index contributed by atoms with van der Waals surface area (Å²) in [4.78, 5) is 20.9. The normalized spacial score (nSPS) is 9.50. The van der Waals surface area contributed by atoms with Gasteiger partial charge in [0.25, 0.3) is 0 Å². The summed E-state index contributed by atoms with van der Waals surface area (Å²) in [6.45, 7) is 2.08. The fourth-order valence-corrected chi connectivity index (χ4v) is 1.35. The van der Waals surface area contributed by atoms with Gasteiger partial charge in [0.1, 0.15) is 0 Å². The van der Waals surface area contributed by atoms with Gasteiger partial charge in [0.05, 0.1) is 5.69 Å². The third-order valence-corrected chi connectivity index (χ3v) is 2.00. The van der Waals surface area contributed by atoms with Crippen molar-refractivity contribution in [2.24, 2.45) is 0 Å². The Balaban J connectivity index is 2.98. The van der Waals surface area contributed by atoms with Crippen molar-refractivity contribution in [3.05, 3.63) is 29.3 Å². The van der Waals surface area contributed by atoms with Crippen LogP contribution in [0, 0.1) is 0 Å². The van der Waals surface area contributed by atoms with Crippen LogP contribution in [0.15, 0.2) is 18.2 Å².